The molecule has 3 aromatic rings. The summed E-state index contributed by atoms with van der Waals surface area (Å²) < 4.78 is 12.3. The molecule has 11 heteroatoms. The summed E-state index contributed by atoms with van der Waals surface area (Å²) in [4.78, 5) is 46.9. The van der Waals surface area contributed by atoms with Gasteiger partial charge in [0, 0.05) is 31.2 Å². The molecule has 0 saturated carbocycles. The number of ether oxygens (including phenoxy) is 2. The van der Waals surface area contributed by atoms with Crippen molar-refractivity contribution in [1.29, 1.82) is 0 Å². The summed E-state index contributed by atoms with van der Waals surface area (Å²) in [5.74, 6) is 0.856. The van der Waals surface area contributed by atoms with Gasteiger partial charge in [0.2, 0.25) is 0 Å². The number of nitrogens with one attached hydrogen (secondary N) is 1. The third kappa shape index (κ3) is 6.31. The van der Waals surface area contributed by atoms with Gasteiger partial charge < -0.3 is 24.3 Å². The number of nitrogens with zero attached hydrogens (tertiary/aromatic N) is 4. The van der Waals surface area contributed by atoms with Crippen LogP contribution in [0.4, 0.5) is 16.3 Å². The summed E-state index contributed by atoms with van der Waals surface area (Å²) in [7, 11) is 1.65. The minimum atomic E-state index is -0.554. The van der Waals surface area contributed by atoms with Crippen LogP contribution >= 0.6 is 11.6 Å². The number of hydrogen-bond acceptors (Lipinski definition) is 8. The lowest BCUT2D eigenvalue weighted by molar-refractivity contribution is -0.118. The lowest BCUT2D eigenvalue weighted by Crippen LogP contribution is -2.39. The Hall–Kier alpha value is -3.92. The number of pyridine rings is 1. The van der Waals surface area contributed by atoms with E-state index < -0.39 is 5.60 Å². The van der Waals surface area contributed by atoms with Crippen molar-refractivity contribution < 1.29 is 19.1 Å². The maximum absolute atomic E-state index is 12.6. The summed E-state index contributed by atoms with van der Waals surface area (Å²) in [5, 5.41) is 4.30. The Labute approximate surface area is 225 Å². The smallest absolute Gasteiger partial charge is 0.410 e. The van der Waals surface area contributed by atoms with Crippen molar-refractivity contribution in [3.8, 4) is 5.75 Å². The molecule has 0 bridgehead atoms. The van der Waals surface area contributed by atoms with Gasteiger partial charge >= 0.3 is 6.09 Å². The van der Waals surface area contributed by atoms with Gasteiger partial charge in [0.05, 0.1) is 11.7 Å². The van der Waals surface area contributed by atoms with Gasteiger partial charge in [-0.15, -0.1) is 0 Å². The van der Waals surface area contributed by atoms with Gasteiger partial charge in [0.15, 0.2) is 23.2 Å². The highest BCUT2D eigenvalue weighted by atomic mass is 35.5. The Balaban J connectivity index is 1.55. The molecular weight excluding hydrogens is 510 g/mol. The second kappa shape index (κ2) is 10.8. The maximum atomic E-state index is 12.6. The number of aromatic nitrogens is 3. The lowest BCUT2D eigenvalue weighted by atomic mass is 10.1. The molecule has 38 heavy (non-hydrogen) atoms. The van der Waals surface area contributed by atoms with E-state index in [2.05, 4.69) is 15.3 Å². The average Bonchev–Trinajstić information content (AvgIpc) is 2.85. The Morgan fingerprint density at radius 1 is 1.21 bits per heavy atom. The fourth-order valence-corrected chi connectivity index (χ4v) is 4.06. The molecule has 0 aliphatic carbocycles. The fourth-order valence-electron chi connectivity index (χ4n) is 3.92. The van der Waals surface area contributed by atoms with Crippen molar-refractivity contribution >= 4 is 51.5 Å². The Morgan fingerprint density at radius 3 is 2.63 bits per heavy atom. The highest BCUT2D eigenvalue weighted by Gasteiger charge is 2.24. The Kier molecular flexibility index (Phi) is 7.73. The van der Waals surface area contributed by atoms with Crippen molar-refractivity contribution in [3.05, 3.63) is 57.7 Å². The zero-order chi connectivity index (χ0) is 27.6. The van der Waals surface area contributed by atoms with Crippen molar-refractivity contribution in [1.82, 2.24) is 19.4 Å². The zero-order valence-corrected chi connectivity index (χ0v) is 22.8. The molecule has 3 heterocycles. The third-order valence-corrected chi connectivity index (χ3v) is 6.05. The highest BCUT2D eigenvalue weighted by Crippen LogP contribution is 2.29. The zero-order valence-electron chi connectivity index (χ0n) is 22.0. The summed E-state index contributed by atoms with van der Waals surface area (Å²) in [5.41, 5.74) is 1.42. The molecule has 0 spiro atoms. The summed E-state index contributed by atoms with van der Waals surface area (Å²) in [6.07, 6.45) is 3.68. The van der Waals surface area contributed by atoms with E-state index in [4.69, 9.17) is 21.1 Å². The third-order valence-electron chi connectivity index (χ3n) is 5.78. The average molecular weight is 540 g/mol. The minimum absolute atomic E-state index is 0.0966. The fraction of sp³-hybridized carbons (Fsp3) is 0.370. The Bertz CT molecular complexity index is 1490. The number of hydrogen-bond donors (Lipinski definition) is 1. The van der Waals surface area contributed by atoms with Gasteiger partial charge in [-0.25, -0.2) is 14.8 Å². The molecule has 0 saturated heterocycles. The summed E-state index contributed by atoms with van der Waals surface area (Å²) >= 11 is 6.40. The molecule has 1 aliphatic heterocycles. The molecular formula is C27H30ClN5O5. The number of ketones is 1. The van der Waals surface area contributed by atoms with Crippen LogP contribution < -0.4 is 15.6 Å². The molecule has 1 aliphatic rings. The largest absolute Gasteiger partial charge is 0.480 e. The molecule has 4 rings (SSSR count). The van der Waals surface area contributed by atoms with Crippen molar-refractivity contribution in [2.45, 2.75) is 39.7 Å². The normalized spacial score (nSPS) is 13.7. The first-order valence-corrected chi connectivity index (χ1v) is 12.5. The standard InChI is InChI=1S/C27H30ClN5O5/c1-16(34)15-37-22-13-18-12-19(6-7-21(18)32(5)25(22)35)30-24-20(28)14-29-23(31-24)17-8-10-33(11-9-17)26(36)38-27(2,3)4/h6-8,12-14H,9-11,15H2,1-5H3,(H,29,30,31). The molecule has 1 amide bonds. The SMILES string of the molecule is CC(=O)COc1cc2cc(Nc3nc(C4=CCN(C(=O)OC(C)(C)C)CC4)ncc3Cl)ccc2n(C)c1=O. The first-order valence-electron chi connectivity index (χ1n) is 12.1. The second-order valence-electron chi connectivity index (χ2n) is 10.1. The van der Waals surface area contributed by atoms with Crippen LogP contribution in [0.15, 0.2) is 41.3 Å². The van der Waals surface area contributed by atoms with Gasteiger partial charge in [0.1, 0.15) is 17.2 Å². The first kappa shape index (κ1) is 27.1. The lowest BCUT2D eigenvalue weighted by Gasteiger charge is -2.29. The van der Waals surface area contributed by atoms with Gasteiger partial charge in [-0.1, -0.05) is 17.7 Å². The van der Waals surface area contributed by atoms with E-state index in [1.54, 1.807) is 24.1 Å². The number of fused-ring (bicyclic) bond motifs is 1. The van der Waals surface area contributed by atoms with Gasteiger partial charge in [-0.2, -0.15) is 0 Å². The first-order chi connectivity index (χ1) is 17.9. The van der Waals surface area contributed by atoms with Crippen molar-refractivity contribution in [2.24, 2.45) is 7.05 Å². The summed E-state index contributed by atoms with van der Waals surface area (Å²) in [6, 6.07) is 7.07. The van der Waals surface area contributed by atoms with E-state index in [1.165, 1.54) is 17.7 Å². The predicted octanol–water partition coefficient (Wildman–Crippen LogP) is 4.72. The van der Waals surface area contributed by atoms with E-state index in [0.717, 1.165) is 11.0 Å². The molecule has 0 radical (unpaired) electrons. The van der Waals surface area contributed by atoms with Gasteiger partial charge in [-0.3, -0.25) is 9.59 Å². The van der Waals surface area contributed by atoms with Crippen LogP contribution in [0.25, 0.3) is 16.5 Å². The predicted molar refractivity (Wildman–Crippen MR) is 146 cm³/mol. The number of halogens is 1. The highest BCUT2D eigenvalue weighted by molar-refractivity contribution is 6.32. The minimum Gasteiger partial charge on any atom is -0.480 e. The molecule has 1 N–H and O–H groups in total. The molecule has 10 nitrogen and oxygen atoms in total. The van der Waals surface area contributed by atoms with E-state index in [9.17, 15) is 14.4 Å². The number of carbonyl (C=O) groups is 2. The van der Waals surface area contributed by atoms with Crippen LogP contribution in [0.2, 0.25) is 5.02 Å². The number of aryl methyl sites for hydroxylation is 1. The maximum Gasteiger partial charge on any atom is 0.410 e. The number of amides is 1. The van der Waals surface area contributed by atoms with Crippen LogP contribution in [-0.2, 0) is 16.6 Å². The second-order valence-corrected chi connectivity index (χ2v) is 10.5. The van der Waals surface area contributed by atoms with E-state index >= 15 is 0 Å². The molecule has 200 valence electrons. The molecule has 0 atom stereocenters. The van der Waals surface area contributed by atoms with E-state index in [0.29, 0.717) is 47.4 Å². The number of anilines is 2. The topological polar surface area (TPSA) is 116 Å². The van der Waals surface area contributed by atoms with Crippen molar-refractivity contribution in [2.75, 3.05) is 25.0 Å². The van der Waals surface area contributed by atoms with Gasteiger partial charge in [0.25, 0.3) is 5.56 Å². The van der Waals surface area contributed by atoms with E-state index in [-0.39, 0.29) is 29.8 Å². The van der Waals surface area contributed by atoms with Gasteiger partial charge in [-0.05, 0) is 64.0 Å². The number of Topliss-reactive ketones (excluding diaryl/α,β-unsaturated/α-hetero) is 1. The van der Waals surface area contributed by atoms with E-state index in [1.807, 2.05) is 39.0 Å². The number of benzene rings is 1. The van der Waals surface area contributed by atoms with Crippen LogP contribution in [-0.4, -0.2) is 56.6 Å². The van der Waals surface area contributed by atoms with Crippen molar-refractivity contribution in [3.63, 3.8) is 0 Å². The van der Waals surface area contributed by atoms with Crippen LogP contribution in [0.1, 0.15) is 39.9 Å². The number of rotatable bonds is 6. The summed E-state index contributed by atoms with van der Waals surface area (Å²) in [6.45, 7) is 7.62. The molecule has 0 unspecified atom stereocenters. The number of carbonyl (C=O) groups excluding carboxylic acids is 2. The van der Waals surface area contributed by atoms with Crippen LogP contribution in [0, 0.1) is 0 Å². The van der Waals surface area contributed by atoms with Crippen LogP contribution in [0.3, 0.4) is 0 Å². The quantitative estimate of drug-likeness (QED) is 0.478. The molecule has 1 aromatic carbocycles. The molecule has 0 fully saturated rings. The Morgan fingerprint density at radius 2 is 1.97 bits per heavy atom. The molecule has 2 aromatic heterocycles. The monoisotopic (exact) mass is 539 g/mol. The van der Waals surface area contributed by atoms with Crippen LogP contribution in [0.5, 0.6) is 5.75 Å².